The molecule has 0 bridgehead atoms. The number of hydrogen-bond donors (Lipinski definition) is 1. The average Bonchev–Trinajstić information content (AvgIpc) is 2.56. The molecule has 0 aliphatic carbocycles. The number of likely N-dealkylation sites (tertiary alicyclic amines) is 1. The number of amides is 1. The van der Waals surface area contributed by atoms with Crippen LogP contribution >= 0.6 is 0 Å². The van der Waals surface area contributed by atoms with E-state index in [9.17, 15) is 9.90 Å². The van der Waals surface area contributed by atoms with Gasteiger partial charge in [-0.2, -0.15) is 0 Å². The SMILES string of the molecule is O=C(CN1CCCCC1CCO)N1CCc2ccccc2C1. The lowest BCUT2D eigenvalue weighted by Crippen LogP contribution is -2.48. The van der Waals surface area contributed by atoms with Gasteiger partial charge < -0.3 is 10.0 Å². The fraction of sp³-hybridized carbons (Fsp3) is 0.611. The van der Waals surface area contributed by atoms with Gasteiger partial charge in [0.15, 0.2) is 0 Å². The second kappa shape index (κ2) is 7.25. The van der Waals surface area contributed by atoms with E-state index in [4.69, 9.17) is 0 Å². The summed E-state index contributed by atoms with van der Waals surface area (Å²) in [5, 5.41) is 9.21. The topological polar surface area (TPSA) is 43.8 Å². The number of piperidine rings is 1. The van der Waals surface area contributed by atoms with Gasteiger partial charge in [0, 0.05) is 25.7 Å². The number of aliphatic hydroxyl groups excluding tert-OH is 1. The van der Waals surface area contributed by atoms with Gasteiger partial charge in [0.2, 0.25) is 5.91 Å². The Hall–Kier alpha value is -1.39. The third kappa shape index (κ3) is 3.50. The van der Waals surface area contributed by atoms with Crippen LogP contribution in [0.2, 0.25) is 0 Å². The Morgan fingerprint density at radius 1 is 1.18 bits per heavy atom. The summed E-state index contributed by atoms with van der Waals surface area (Å²) in [4.78, 5) is 16.9. The second-order valence-electron chi connectivity index (χ2n) is 6.47. The van der Waals surface area contributed by atoms with Crippen molar-refractivity contribution in [1.82, 2.24) is 9.80 Å². The fourth-order valence-corrected chi connectivity index (χ4v) is 3.73. The molecule has 22 heavy (non-hydrogen) atoms. The first kappa shape index (κ1) is 15.5. The number of carbonyl (C=O) groups is 1. The van der Waals surface area contributed by atoms with Gasteiger partial charge in [-0.25, -0.2) is 0 Å². The number of carbonyl (C=O) groups excluding carboxylic acids is 1. The highest BCUT2D eigenvalue weighted by atomic mass is 16.3. The minimum absolute atomic E-state index is 0.215. The van der Waals surface area contributed by atoms with Crippen molar-refractivity contribution >= 4 is 5.91 Å². The summed E-state index contributed by atoms with van der Waals surface area (Å²) in [6, 6.07) is 8.79. The zero-order valence-corrected chi connectivity index (χ0v) is 13.2. The number of rotatable bonds is 4. The molecule has 1 N–H and O–H groups in total. The van der Waals surface area contributed by atoms with Gasteiger partial charge in [-0.1, -0.05) is 30.7 Å². The Balaban J connectivity index is 1.60. The van der Waals surface area contributed by atoms with Crippen molar-refractivity contribution in [3.05, 3.63) is 35.4 Å². The molecule has 1 atom stereocenters. The van der Waals surface area contributed by atoms with Crippen molar-refractivity contribution in [2.45, 2.75) is 44.7 Å². The van der Waals surface area contributed by atoms with Gasteiger partial charge in [0.1, 0.15) is 0 Å². The van der Waals surface area contributed by atoms with Gasteiger partial charge in [0.25, 0.3) is 0 Å². The minimum atomic E-state index is 0.215. The van der Waals surface area contributed by atoms with Crippen molar-refractivity contribution in [3.8, 4) is 0 Å². The Morgan fingerprint density at radius 3 is 2.82 bits per heavy atom. The Morgan fingerprint density at radius 2 is 2.00 bits per heavy atom. The van der Waals surface area contributed by atoms with Gasteiger partial charge in [-0.3, -0.25) is 9.69 Å². The van der Waals surface area contributed by atoms with Crippen LogP contribution in [0.3, 0.4) is 0 Å². The molecule has 1 saturated heterocycles. The third-order valence-electron chi connectivity index (χ3n) is 5.03. The van der Waals surface area contributed by atoms with Crippen LogP contribution in [0.4, 0.5) is 0 Å². The Kier molecular flexibility index (Phi) is 5.11. The zero-order chi connectivity index (χ0) is 15.4. The monoisotopic (exact) mass is 302 g/mol. The number of hydrogen-bond acceptors (Lipinski definition) is 3. The fourth-order valence-electron chi connectivity index (χ4n) is 3.73. The standard InChI is InChI=1S/C18H26N2O2/c21-12-9-17-7-3-4-10-19(17)14-18(22)20-11-8-15-5-1-2-6-16(15)13-20/h1-2,5-6,17,21H,3-4,7-14H2. The average molecular weight is 302 g/mol. The molecule has 0 radical (unpaired) electrons. The summed E-state index contributed by atoms with van der Waals surface area (Å²) in [6.07, 6.45) is 5.24. The second-order valence-corrected chi connectivity index (χ2v) is 6.47. The van der Waals surface area contributed by atoms with E-state index in [2.05, 4.69) is 29.2 Å². The van der Waals surface area contributed by atoms with Crippen molar-refractivity contribution in [3.63, 3.8) is 0 Å². The van der Waals surface area contributed by atoms with E-state index < -0.39 is 0 Å². The molecule has 0 saturated carbocycles. The van der Waals surface area contributed by atoms with E-state index in [1.807, 2.05) is 4.90 Å². The first-order chi connectivity index (χ1) is 10.8. The van der Waals surface area contributed by atoms with Crippen LogP contribution in [-0.4, -0.2) is 53.1 Å². The van der Waals surface area contributed by atoms with Crippen molar-refractivity contribution in [2.75, 3.05) is 26.2 Å². The Labute approximate surface area is 132 Å². The summed E-state index contributed by atoms with van der Waals surface area (Å²) in [5.74, 6) is 0.236. The van der Waals surface area contributed by atoms with Crippen LogP contribution in [0.1, 0.15) is 36.8 Å². The number of fused-ring (bicyclic) bond motifs is 1. The van der Waals surface area contributed by atoms with E-state index in [0.717, 1.165) is 45.3 Å². The van der Waals surface area contributed by atoms with Gasteiger partial charge in [0.05, 0.1) is 6.54 Å². The molecule has 0 aromatic heterocycles. The predicted octanol–water partition coefficient (Wildman–Crippen LogP) is 1.81. The lowest BCUT2D eigenvalue weighted by molar-refractivity contribution is -0.134. The number of aliphatic hydroxyl groups is 1. The van der Waals surface area contributed by atoms with Gasteiger partial charge in [-0.15, -0.1) is 0 Å². The van der Waals surface area contributed by atoms with E-state index in [-0.39, 0.29) is 12.5 Å². The maximum atomic E-state index is 12.6. The molecule has 0 spiro atoms. The number of nitrogens with zero attached hydrogens (tertiary/aromatic N) is 2. The van der Waals surface area contributed by atoms with Crippen molar-refractivity contribution < 1.29 is 9.90 Å². The van der Waals surface area contributed by atoms with Crippen LogP contribution in [0.15, 0.2) is 24.3 Å². The quantitative estimate of drug-likeness (QED) is 0.922. The molecule has 1 amide bonds. The number of benzene rings is 1. The first-order valence-corrected chi connectivity index (χ1v) is 8.47. The van der Waals surface area contributed by atoms with E-state index in [0.29, 0.717) is 12.6 Å². The molecule has 2 aliphatic heterocycles. The van der Waals surface area contributed by atoms with Crippen LogP contribution < -0.4 is 0 Å². The van der Waals surface area contributed by atoms with E-state index >= 15 is 0 Å². The predicted molar refractivity (Wildman–Crippen MR) is 86.5 cm³/mol. The summed E-state index contributed by atoms with van der Waals surface area (Å²) >= 11 is 0. The third-order valence-corrected chi connectivity index (χ3v) is 5.03. The molecule has 1 unspecified atom stereocenters. The van der Waals surface area contributed by atoms with E-state index in [1.54, 1.807) is 0 Å². The van der Waals surface area contributed by atoms with Gasteiger partial charge in [-0.05, 0) is 43.4 Å². The zero-order valence-electron chi connectivity index (χ0n) is 13.2. The van der Waals surface area contributed by atoms with Crippen LogP contribution in [0, 0.1) is 0 Å². The molecule has 1 aromatic carbocycles. The molecule has 4 nitrogen and oxygen atoms in total. The smallest absolute Gasteiger partial charge is 0.237 e. The largest absolute Gasteiger partial charge is 0.396 e. The van der Waals surface area contributed by atoms with Gasteiger partial charge >= 0.3 is 0 Å². The maximum absolute atomic E-state index is 12.6. The molecule has 4 heteroatoms. The molecule has 120 valence electrons. The minimum Gasteiger partial charge on any atom is -0.396 e. The summed E-state index contributed by atoms with van der Waals surface area (Å²) in [7, 11) is 0. The molecule has 1 fully saturated rings. The molecular weight excluding hydrogens is 276 g/mol. The molecular formula is C18H26N2O2. The van der Waals surface area contributed by atoms with Crippen molar-refractivity contribution in [1.29, 1.82) is 0 Å². The maximum Gasteiger partial charge on any atom is 0.237 e. The van der Waals surface area contributed by atoms with E-state index in [1.165, 1.54) is 17.5 Å². The molecule has 2 aliphatic rings. The highest BCUT2D eigenvalue weighted by molar-refractivity contribution is 5.78. The molecule has 3 rings (SSSR count). The normalized spacial score (nSPS) is 22.4. The molecule has 1 aromatic rings. The van der Waals surface area contributed by atoms with Crippen molar-refractivity contribution in [2.24, 2.45) is 0 Å². The lowest BCUT2D eigenvalue weighted by atomic mass is 9.98. The van der Waals surface area contributed by atoms with Crippen LogP contribution in [-0.2, 0) is 17.8 Å². The summed E-state index contributed by atoms with van der Waals surface area (Å²) in [5.41, 5.74) is 2.66. The summed E-state index contributed by atoms with van der Waals surface area (Å²) in [6.45, 7) is 3.28. The van der Waals surface area contributed by atoms with Crippen LogP contribution in [0.25, 0.3) is 0 Å². The lowest BCUT2D eigenvalue weighted by Gasteiger charge is -2.37. The Bertz CT molecular complexity index is 516. The highest BCUT2D eigenvalue weighted by Crippen LogP contribution is 2.21. The molecule has 2 heterocycles. The summed E-state index contributed by atoms with van der Waals surface area (Å²) < 4.78 is 0. The first-order valence-electron chi connectivity index (χ1n) is 8.47. The highest BCUT2D eigenvalue weighted by Gasteiger charge is 2.27. The van der Waals surface area contributed by atoms with Crippen LogP contribution in [0.5, 0.6) is 0 Å².